The maximum atomic E-state index is 5.99. The maximum Gasteiger partial charge on any atom is 0.0866 e. The number of rotatable bonds is 3. The zero-order chi connectivity index (χ0) is 13.3. The van der Waals surface area contributed by atoms with Crippen LogP contribution in [0, 0.1) is 0 Å². The van der Waals surface area contributed by atoms with Crippen LogP contribution in [0.15, 0.2) is 0 Å². The number of ether oxygens (including phenoxy) is 3. The first kappa shape index (κ1) is 14.9. The quantitative estimate of drug-likeness (QED) is 0.763. The minimum Gasteiger partial charge on any atom is -0.373 e. The molecule has 0 radical (unpaired) electrons. The Morgan fingerprint density at radius 1 is 1.06 bits per heavy atom. The minimum atomic E-state index is -0.109. The van der Waals surface area contributed by atoms with Gasteiger partial charge < -0.3 is 14.2 Å². The zero-order valence-corrected chi connectivity index (χ0v) is 12.4. The molecule has 0 aliphatic carbocycles. The van der Waals surface area contributed by atoms with Crippen molar-refractivity contribution in [1.29, 1.82) is 0 Å². The zero-order valence-electron chi connectivity index (χ0n) is 12.4. The second kappa shape index (κ2) is 5.25. The number of hydrogen-bond donors (Lipinski definition) is 0. The molecule has 1 aliphatic rings. The molecule has 0 saturated carbocycles. The lowest BCUT2D eigenvalue weighted by atomic mass is 10.1. The summed E-state index contributed by atoms with van der Waals surface area (Å²) in [5.74, 6) is 0. The van der Waals surface area contributed by atoms with Crippen LogP contribution in [0.2, 0.25) is 0 Å². The van der Waals surface area contributed by atoms with Gasteiger partial charge in [-0.3, -0.25) is 0 Å². The summed E-state index contributed by atoms with van der Waals surface area (Å²) in [5, 5.41) is 0. The average Bonchev–Trinajstić information content (AvgIpc) is 2.40. The molecule has 1 rings (SSSR count). The molecule has 3 atom stereocenters. The monoisotopic (exact) mass is 244 g/mol. The van der Waals surface area contributed by atoms with Crippen LogP contribution in [-0.4, -0.2) is 36.1 Å². The lowest BCUT2D eigenvalue weighted by molar-refractivity contribution is -0.0929. The standard InChI is InChI=1S/C14H28O3/c1-10-12(17-14(5,6)7)8-11(16-10)9-15-13(2,3)4/h10-12H,8-9H2,1-7H3. The highest BCUT2D eigenvalue weighted by Crippen LogP contribution is 2.27. The summed E-state index contributed by atoms with van der Waals surface area (Å²) in [5.41, 5.74) is -0.211. The van der Waals surface area contributed by atoms with E-state index in [1.165, 1.54) is 0 Å². The average molecular weight is 244 g/mol. The van der Waals surface area contributed by atoms with E-state index in [1.54, 1.807) is 0 Å². The molecule has 0 N–H and O–H groups in total. The topological polar surface area (TPSA) is 27.7 Å². The summed E-state index contributed by atoms with van der Waals surface area (Å²) in [4.78, 5) is 0. The molecule has 0 amide bonds. The minimum absolute atomic E-state index is 0.102. The van der Waals surface area contributed by atoms with Crippen molar-refractivity contribution in [3.8, 4) is 0 Å². The van der Waals surface area contributed by atoms with Crippen molar-refractivity contribution in [2.75, 3.05) is 6.61 Å². The van der Waals surface area contributed by atoms with Crippen molar-refractivity contribution in [1.82, 2.24) is 0 Å². The molecule has 0 aromatic heterocycles. The van der Waals surface area contributed by atoms with Crippen LogP contribution in [0.25, 0.3) is 0 Å². The van der Waals surface area contributed by atoms with Gasteiger partial charge in [-0.25, -0.2) is 0 Å². The SMILES string of the molecule is CC1OC(COC(C)(C)C)CC1OC(C)(C)C. The second-order valence-electron chi connectivity index (χ2n) is 6.89. The third kappa shape index (κ3) is 5.84. The normalized spacial score (nSPS) is 30.9. The Morgan fingerprint density at radius 3 is 2.12 bits per heavy atom. The highest BCUT2D eigenvalue weighted by molar-refractivity contribution is 4.83. The summed E-state index contributed by atoms with van der Waals surface area (Å²) < 4.78 is 17.6. The van der Waals surface area contributed by atoms with E-state index in [1.807, 2.05) is 0 Å². The molecule has 3 heteroatoms. The molecule has 0 aromatic carbocycles. The molecule has 1 fully saturated rings. The van der Waals surface area contributed by atoms with E-state index < -0.39 is 0 Å². The van der Waals surface area contributed by atoms with Gasteiger partial charge in [0.25, 0.3) is 0 Å². The summed E-state index contributed by atoms with van der Waals surface area (Å²) in [6.07, 6.45) is 1.43. The van der Waals surface area contributed by atoms with Gasteiger partial charge in [0.2, 0.25) is 0 Å². The largest absolute Gasteiger partial charge is 0.373 e. The summed E-state index contributed by atoms with van der Waals surface area (Å²) in [6, 6.07) is 0. The van der Waals surface area contributed by atoms with Crippen LogP contribution in [0.4, 0.5) is 0 Å². The fourth-order valence-corrected chi connectivity index (χ4v) is 1.95. The van der Waals surface area contributed by atoms with Crippen LogP contribution >= 0.6 is 0 Å². The predicted molar refractivity (Wildman–Crippen MR) is 69.3 cm³/mol. The maximum absolute atomic E-state index is 5.99. The molecule has 3 unspecified atom stereocenters. The van der Waals surface area contributed by atoms with Gasteiger partial charge in [0.05, 0.1) is 36.1 Å². The number of hydrogen-bond acceptors (Lipinski definition) is 3. The van der Waals surface area contributed by atoms with Gasteiger partial charge in [0.1, 0.15) is 0 Å². The Kier molecular flexibility index (Phi) is 4.61. The van der Waals surface area contributed by atoms with Crippen molar-refractivity contribution in [3.63, 3.8) is 0 Å². The highest BCUT2D eigenvalue weighted by atomic mass is 16.6. The Balaban J connectivity index is 2.39. The first-order valence-electron chi connectivity index (χ1n) is 6.54. The smallest absolute Gasteiger partial charge is 0.0866 e. The summed E-state index contributed by atoms with van der Waals surface area (Å²) in [6.45, 7) is 15.2. The molecule has 0 bridgehead atoms. The Morgan fingerprint density at radius 2 is 1.65 bits per heavy atom. The Bertz CT molecular complexity index is 237. The van der Waals surface area contributed by atoms with Crippen LogP contribution in [-0.2, 0) is 14.2 Å². The van der Waals surface area contributed by atoms with E-state index in [0.717, 1.165) is 6.42 Å². The molecular formula is C14H28O3. The van der Waals surface area contributed by atoms with Gasteiger partial charge in [0.15, 0.2) is 0 Å². The van der Waals surface area contributed by atoms with Gasteiger partial charge in [0, 0.05) is 6.42 Å². The molecule has 1 aliphatic heterocycles. The van der Waals surface area contributed by atoms with Crippen LogP contribution in [0.1, 0.15) is 54.9 Å². The van der Waals surface area contributed by atoms with Crippen LogP contribution in [0.5, 0.6) is 0 Å². The second-order valence-corrected chi connectivity index (χ2v) is 6.89. The third-order valence-corrected chi connectivity index (χ3v) is 2.63. The third-order valence-electron chi connectivity index (χ3n) is 2.63. The molecule has 1 heterocycles. The Hall–Kier alpha value is -0.120. The van der Waals surface area contributed by atoms with Crippen molar-refractivity contribution in [2.45, 2.75) is 84.4 Å². The van der Waals surface area contributed by atoms with Gasteiger partial charge in [-0.05, 0) is 48.5 Å². The van der Waals surface area contributed by atoms with Crippen molar-refractivity contribution < 1.29 is 14.2 Å². The lowest BCUT2D eigenvalue weighted by Crippen LogP contribution is -2.31. The van der Waals surface area contributed by atoms with E-state index >= 15 is 0 Å². The Labute approximate surface area is 106 Å². The summed E-state index contributed by atoms with van der Waals surface area (Å²) in [7, 11) is 0. The molecule has 0 aromatic rings. The molecule has 1 saturated heterocycles. The van der Waals surface area contributed by atoms with Crippen molar-refractivity contribution >= 4 is 0 Å². The molecule has 0 spiro atoms. The van der Waals surface area contributed by atoms with Gasteiger partial charge in [-0.2, -0.15) is 0 Å². The van der Waals surface area contributed by atoms with Gasteiger partial charge in [-0.1, -0.05) is 0 Å². The first-order chi connectivity index (χ1) is 7.57. The lowest BCUT2D eigenvalue weighted by Gasteiger charge is -2.26. The van der Waals surface area contributed by atoms with Crippen LogP contribution < -0.4 is 0 Å². The van der Waals surface area contributed by atoms with Crippen molar-refractivity contribution in [2.24, 2.45) is 0 Å². The van der Waals surface area contributed by atoms with E-state index in [2.05, 4.69) is 48.5 Å². The molecule has 102 valence electrons. The molecular weight excluding hydrogens is 216 g/mol. The summed E-state index contributed by atoms with van der Waals surface area (Å²) >= 11 is 0. The fourth-order valence-electron chi connectivity index (χ4n) is 1.95. The molecule has 3 nitrogen and oxygen atoms in total. The first-order valence-corrected chi connectivity index (χ1v) is 6.54. The molecule has 17 heavy (non-hydrogen) atoms. The fraction of sp³-hybridized carbons (Fsp3) is 1.00. The van der Waals surface area contributed by atoms with Crippen molar-refractivity contribution in [3.05, 3.63) is 0 Å². The highest BCUT2D eigenvalue weighted by Gasteiger charge is 2.36. The van der Waals surface area contributed by atoms with E-state index in [4.69, 9.17) is 14.2 Å². The van der Waals surface area contributed by atoms with E-state index in [9.17, 15) is 0 Å². The van der Waals surface area contributed by atoms with Gasteiger partial charge in [-0.15, -0.1) is 0 Å². The van der Waals surface area contributed by atoms with E-state index in [0.29, 0.717) is 6.61 Å². The van der Waals surface area contributed by atoms with Crippen LogP contribution in [0.3, 0.4) is 0 Å². The van der Waals surface area contributed by atoms with E-state index in [-0.39, 0.29) is 29.5 Å². The predicted octanol–water partition coefficient (Wildman–Crippen LogP) is 3.16. The van der Waals surface area contributed by atoms with Gasteiger partial charge >= 0.3 is 0 Å².